The molecule has 3 rings (SSSR count). The molecule has 0 spiro atoms. The molecule has 0 saturated heterocycles. The first-order valence-corrected chi connectivity index (χ1v) is 11.3. The lowest BCUT2D eigenvalue weighted by Gasteiger charge is -2.49. The molecule has 9 heteroatoms. The van der Waals surface area contributed by atoms with Crippen molar-refractivity contribution in [1.82, 2.24) is 16.0 Å². The van der Waals surface area contributed by atoms with Gasteiger partial charge in [-0.3, -0.25) is 16.0 Å². The zero-order valence-electron chi connectivity index (χ0n) is 14.9. The number of nitrogens with one attached hydrogen (secondary N) is 3. The van der Waals surface area contributed by atoms with E-state index < -0.39 is 11.4 Å². The molecule has 27 heavy (non-hydrogen) atoms. The normalized spacial score (nSPS) is 20.9. The van der Waals surface area contributed by atoms with Crippen LogP contribution in [0.1, 0.15) is 17.5 Å². The fourth-order valence-corrected chi connectivity index (χ4v) is 6.06. The number of hydrogen-bond acceptors (Lipinski definition) is 5. The minimum Gasteiger partial charge on any atom is -0.506 e. The van der Waals surface area contributed by atoms with Crippen LogP contribution in [0.15, 0.2) is 42.2 Å². The number of halogens is 4. The summed E-state index contributed by atoms with van der Waals surface area (Å²) in [5.74, 6) is 0.823. The van der Waals surface area contributed by atoms with Crippen LogP contribution < -0.4 is 20.7 Å². The van der Waals surface area contributed by atoms with Crippen molar-refractivity contribution in [2.24, 2.45) is 0 Å². The summed E-state index contributed by atoms with van der Waals surface area (Å²) in [7, 11) is 5.62. The Morgan fingerprint density at radius 1 is 0.852 bits per heavy atom. The van der Waals surface area contributed by atoms with Crippen LogP contribution >= 0.6 is 63.7 Å². The van der Waals surface area contributed by atoms with E-state index in [1.807, 2.05) is 39.3 Å². The van der Waals surface area contributed by atoms with E-state index in [9.17, 15) is 5.11 Å². The van der Waals surface area contributed by atoms with Gasteiger partial charge in [0, 0.05) is 20.9 Å². The second kappa shape index (κ2) is 7.93. The molecule has 1 aliphatic heterocycles. The van der Waals surface area contributed by atoms with Gasteiger partial charge >= 0.3 is 0 Å². The molecule has 1 aliphatic rings. The van der Waals surface area contributed by atoms with Crippen LogP contribution in [0.2, 0.25) is 0 Å². The SMILES string of the molecule is CNC1(NC)CC(NC)(c2cc(Br)cc(Br)c2O)Oc2c(Br)cc(Br)cc21. The van der Waals surface area contributed by atoms with E-state index in [1.165, 1.54) is 0 Å². The number of phenolic OH excluding ortho intramolecular Hbond substituents is 1. The first-order chi connectivity index (χ1) is 12.7. The third kappa shape index (κ3) is 3.60. The minimum atomic E-state index is -0.980. The maximum atomic E-state index is 10.8. The van der Waals surface area contributed by atoms with Gasteiger partial charge in [0.2, 0.25) is 0 Å². The third-order valence-corrected chi connectivity index (χ3v) is 7.09. The summed E-state index contributed by atoms with van der Waals surface area (Å²) in [6.45, 7) is 0. The molecule has 0 fully saturated rings. The van der Waals surface area contributed by atoms with Crippen molar-refractivity contribution in [3.8, 4) is 11.5 Å². The van der Waals surface area contributed by atoms with Crippen LogP contribution in [-0.2, 0) is 11.4 Å². The second-order valence-electron chi connectivity index (χ2n) is 6.31. The van der Waals surface area contributed by atoms with Gasteiger partial charge in [0.15, 0.2) is 5.72 Å². The summed E-state index contributed by atoms with van der Waals surface area (Å²) >= 11 is 14.1. The zero-order chi connectivity index (χ0) is 20.0. The average Bonchev–Trinajstić information content (AvgIpc) is 2.64. The molecule has 0 radical (unpaired) electrons. The van der Waals surface area contributed by atoms with E-state index in [-0.39, 0.29) is 5.75 Å². The Morgan fingerprint density at radius 2 is 1.41 bits per heavy atom. The van der Waals surface area contributed by atoms with Gasteiger partial charge in [-0.05, 0) is 77.3 Å². The van der Waals surface area contributed by atoms with Gasteiger partial charge < -0.3 is 9.84 Å². The molecule has 2 aromatic rings. The van der Waals surface area contributed by atoms with E-state index in [4.69, 9.17) is 4.74 Å². The fraction of sp³-hybridized carbons (Fsp3) is 0.333. The summed E-state index contributed by atoms with van der Waals surface area (Å²) in [5, 5.41) is 20.9. The molecule has 1 atom stereocenters. The Balaban J connectivity index is 2.31. The summed E-state index contributed by atoms with van der Waals surface area (Å²) in [4.78, 5) is 0. The van der Waals surface area contributed by atoms with Crippen LogP contribution in [0, 0.1) is 0 Å². The summed E-state index contributed by atoms with van der Waals surface area (Å²) in [6, 6.07) is 7.64. The van der Waals surface area contributed by atoms with Crippen molar-refractivity contribution in [1.29, 1.82) is 0 Å². The number of rotatable bonds is 4. The minimum absolute atomic E-state index is 0.130. The number of phenols is 1. The summed E-state index contributed by atoms with van der Waals surface area (Å²) < 4.78 is 9.71. The monoisotopic (exact) mass is 625 g/mol. The zero-order valence-corrected chi connectivity index (χ0v) is 21.2. The lowest BCUT2D eigenvalue weighted by Crippen LogP contribution is -2.62. The van der Waals surface area contributed by atoms with E-state index in [0.717, 1.165) is 19.0 Å². The molecule has 0 saturated carbocycles. The smallest absolute Gasteiger partial charge is 0.194 e. The lowest BCUT2D eigenvalue weighted by molar-refractivity contribution is -0.0338. The number of ether oxygens (including phenoxy) is 1. The van der Waals surface area contributed by atoms with Crippen molar-refractivity contribution in [2.45, 2.75) is 17.8 Å². The first-order valence-electron chi connectivity index (χ1n) is 8.15. The topological polar surface area (TPSA) is 65.5 Å². The highest BCUT2D eigenvalue weighted by Crippen LogP contribution is 2.51. The maximum Gasteiger partial charge on any atom is 0.194 e. The van der Waals surface area contributed by atoms with Crippen LogP contribution in [0.5, 0.6) is 11.5 Å². The molecule has 1 heterocycles. The predicted molar refractivity (Wildman–Crippen MR) is 121 cm³/mol. The highest BCUT2D eigenvalue weighted by Gasteiger charge is 2.51. The highest BCUT2D eigenvalue weighted by molar-refractivity contribution is 9.11. The van der Waals surface area contributed by atoms with Crippen LogP contribution in [0.25, 0.3) is 0 Å². The van der Waals surface area contributed by atoms with Crippen molar-refractivity contribution in [3.05, 3.63) is 53.3 Å². The standard InChI is InChI=1S/C18H19Br4N3O2/c1-23-17(24-2)8-18(25-3,11-4-9(19)6-13(21)15(11)26)27-16-12(17)5-10(20)7-14(16)22/h4-7,23-26H,8H2,1-3H3. The van der Waals surface area contributed by atoms with Gasteiger partial charge in [0.05, 0.1) is 14.5 Å². The highest BCUT2D eigenvalue weighted by atomic mass is 79.9. The summed E-state index contributed by atoms with van der Waals surface area (Å²) in [6.07, 6.45) is 0.482. The molecule has 0 aromatic heterocycles. The molecule has 146 valence electrons. The Labute approximate surface area is 192 Å². The number of benzene rings is 2. The Bertz CT molecular complexity index is 889. The van der Waals surface area contributed by atoms with Crippen molar-refractivity contribution in [2.75, 3.05) is 21.1 Å². The fourth-order valence-electron chi connectivity index (χ4n) is 3.53. The number of aromatic hydroxyl groups is 1. The Kier molecular flexibility index (Phi) is 6.33. The van der Waals surface area contributed by atoms with Gasteiger partial charge in [-0.25, -0.2) is 0 Å². The molecule has 0 bridgehead atoms. The molecule has 2 aromatic carbocycles. The van der Waals surface area contributed by atoms with E-state index in [2.05, 4.69) is 79.7 Å². The largest absolute Gasteiger partial charge is 0.506 e. The van der Waals surface area contributed by atoms with E-state index >= 15 is 0 Å². The van der Waals surface area contributed by atoms with Crippen molar-refractivity contribution >= 4 is 63.7 Å². The van der Waals surface area contributed by atoms with Gasteiger partial charge in [-0.2, -0.15) is 0 Å². The van der Waals surface area contributed by atoms with Crippen molar-refractivity contribution in [3.63, 3.8) is 0 Å². The van der Waals surface area contributed by atoms with Crippen LogP contribution in [0.4, 0.5) is 0 Å². The number of fused-ring (bicyclic) bond motifs is 1. The van der Waals surface area contributed by atoms with Gasteiger partial charge in [-0.15, -0.1) is 0 Å². The maximum absolute atomic E-state index is 10.8. The molecule has 4 N–H and O–H groups in total. The van der Waals surface area contributed by atoms with Crippen LogP contribution in [0.3, 0.4) is 0 Å². The second-order valence-corrected chi connectivity index (χ2v) is 9.85. The average molecular weight is 629 g/mol. The lowest BCUT2D eigenvalue weighted by atomic mass is 9.82. The molecular formula is C18H19Br4N3O2. The predicted octanol–water partition coefficient (Wildman–Crippen LogP) is 4.89. The van der Waals surface area contributed by atoms with Crippen LogP contribution in [-0.4, -0.2) is 26.2 Å². The van der Waals surface area contributed by atoms with Crippen molar-refractivity contribution < 1.29 is 9.84 Å². The van der Waals surface area contributed by atoms with Gasteiger partial charge in [-0.1, -0.05) is 31.9 Å². The molecule has 5 nitrogen and oxygen atoms in total. The Morgan fingerprint density at radius 3 is 1.96 bits per heavy atom. The summed E-state index contributed by atoms with van der Waals surface area (Å²) in [5.41, 5.74) is 0.0188. The first kappa shape index (κ1) is 21.5. The van der Waals surface area contributed by atoms with Gasteiger partial charge in [0.1, 0.15) is 17.2 Å². The Hall–Kier alpha value is -0.160. The molecule has 0 aliphatic carbocycles. The molecule has 0 amide bonds. The van der Waals surface area contributed by atoms with E-state index in [0.29, 0.717) is 22.2 Å². The molecular weight excluding hydrogens is 610 g/mol. The third-order valence-electron chi connectivity index (χ3n) is 4.98. The quantitative estimate of drug-likeness (QED) is 0.364. The molecule has 1 unspecified atom stereocenters. The van der Waals surface area contributed by atoms with Gasteiger partial charge in [0.25, 0.3) is 0 Å². The van der Waals surface area contributed by atoms with E-state index in [1.54, 1.807) is 6.07 Å². The number of hydrogen-bond donors (Lipinski definition) is 4.